The predicted octanol–water partition coefficient (Wildman–Crippen LogP) is 3.96. The Morgan fingerprint density at radius 1 is 1.15 bits per heavy atom. The minimum Gasteiger partial charge on any atom is -0.493 e. The molecule has 0 aliphatic heterocycles. The van der Waals surface area contributed by atoms with Gasteiger partial charge in [0.05, 0.1) is 21.3 Å². The number of rotatable bonds is 9. The van der Waals surface area contributed by atoms with Crippen molar-refractivity contribution in [3.63, 3.8) is 0 Å². The first-order valence-electron chi connectivity index (χ1n) is 9.34. The van der Waals surface area contributed by atoms with E-state index >= 15 is 0 Å². The van der Waals surface area contributed by atoms with Crippen LogP contribution in [0.25, 0.3) is 11.1 Å². The lowest BCUT2D eigenvalue weighted by Crippen LogP contribution is -2.14. The highest BCUT2D eigenvalue weighted by Crippen LogP contribution is 2.52. The minimum absolute atomic E-state index is 0.420. The van der Waals surface area contributed by atoms with Gasteiger partial charge in [-0.25, -0.2) is 0 Å². The number of hydrogen-bond acceptors (Lipinski definition) is 5. The average molecular weight is 369 g/mol. The van der Waals surface area contributed by atoms with Gasteiger partial charge in [-0.05, 0) is 49.4 Å². The molecule has 1 aromatic carbocycles. The third kappa shape index (κ3) is 3.60. The van der Waals surface area contributed by atoms with Crippen LogP contribution in [0.5, 0.6) is 17.2 Å². The first-order valence-corrected chi connectivity index (χ1v) is 9.34. The highest BCUT2D eigenvalue weighted by atomic mass is 16.5. The van der Waals surface area contributed by atoms with Crippen LogP contribution in [0.2, 0.25) is 0 Å². The molecule has 1 saturated carbocycles. The van der Waals surface area contributed by atoms with Crippen LogP contribution in [0.4, 0.5) is 0 Å². The van der Waals surface area contributed by atoms with Crippen LogP contribution in [0.15, 0.2) is 12.1 Å². The summed E-state index contributed by atoms with van der Waals surface area (Å²) in [5.74, 6) is 2.22. The van der Waals surface area contributed by atoms with Crippen molar-refractivity contribution in [1.82, 2.24) is 10.3 Å². The maximum Gasteiger partial charge on any atom is 0.203 e. The van der Waals surface area contributed by atoms with Crippen molar-refractivity contribution in [2.75, 3.05) is 27.9 Å². The number of nitrogens with one attached hydrogen (secondary N) is 2. The summed E-state index contributed by atoms with van der Waals surface area (Å²) in [7, 11) is 4.84. The molecule has 0 unspecified atom stereocenters. The molecular weight excluding hydrogens is 342 g/mol. The number of aromatic amines is 1. The zero-order valence-corrected chi connectivity index (χ0v) is 16.4. The summed E-state index contributed by atoms with van der Waals surface area (Å²) < 4.78 is 16.7. The molecule has 6 nitrogen and oxygen atoms in total. The normalized spacial score (nSPS) is 13.3. The van der Waals surface area contributed by atoms with Gasteiger partial charge in [0.25, 0.3) is 0 Å². The molecule has 1 aliphatic rings. The number of methoxy groups -OCH3 is 3. The molecule has 2 aromatic rings. The third-order valence-corrected chi connectivity index (χ3v) is 4.92. The third-order valence-electron chi connectivity index (χ3n) is 4.92. The molecule has 27 heavy (non-hydrogen) atoms. The number of H-pyrrole nitrogens is 1. The van der Waals surface area contributed by atoms with Crippen LogP contribution in [0, 0.1) is 11.3 Å². The molecule has 0 radical (unpaired) electrons. The maximum absolute atomic E-state index is 9.68. The van der Waals surface area contributed by atoms with Crippen molar-refractivity contribution >= 4 is 0 Å². The molecule has 1 heterocycles. The zero-order chi connectivity index (χ0) is 19.4. The fourth-order valence-electron chi connectivity index (χ4n) is 3.57. The Hall–Kier alpha value is -2.65. The quantitative estimate of drug-likeness (QED) is 0.654. The summed E-state index contributed by atoms with van der Waals surface area (Å²) in [6.07, 6.45) is 3.27. The number of ether oxygens (including phenoxy) is 3. The SMILES string of the molecule is CCCNCc1[nH]c(C#N)c(C2CC2)c1-c1ccc(OC)c(OC)c1OC. The summed E-state index contributed by atoms with van der Waals surface area (Å²) in [4.78, 5) is 3.34. The Morgan fingerprint density at radius 2 is 1.89 bits per heavy atom. The Kier molecular flexibility index (Phi) is 5.92. The highest BCUT2D eigenvalue weighted by Gasteiger charge is 2.34. The molecule has 3 rings (SSSR count). The fourth-order valence-corrected chi connectivity index (χ4v) is 3.57. The number of aromatic nitrogens is 1. The Bertz CT molecular complexity index is 847. The van der Waals surface area contributed by atoms with E-state index in [4.69, 9.17) is 14.2 Å². The average Bonchev–Trinajstić information content (AvgIpc) is 3.47. The van der Waals surface area contributed by atoms with Crippen LogP contribution in [0.3, 0.4) is 0 Å². The Labute approximate surface area is 160 Å². The van der Waals surface area contributed by atoms with E-state index in [-0.39, 0.29) is 0 Å². The predicted molar refractivity (Wildman–Crippen MR) is 105 cm³/mol. The Morgan fingerprint density at radius 3 is 2.44 bits per heavy atom. The van der Waals surface area contributed by atoms with Crippen molar-refractivity contribution in [2.24, 2.45) is 0 Å². The van der Waals surface area contributed by atoms with Gasteiger partial charge in [0, 0.05) is 23.4 Å². The van der Waals surface area contributed by atoms with Gasteiger partial charge in [0.1, 0.15) is 11.8 Å². The van der Waals surface area contributed by atoms with Crippen molar-refractivity contribution in [3.8, 4) is 34.4 Å². The number of hydrogen-bond donors (Lipinski definition) is 2. The van der Waals surface area contributed by atoms with Crippen molar-refractivity contribution in [1.29, 1.82) is 5.26 Å². The number of benzene rings is 1. The van der Waals surface area contributed by atoms with Crippen LogP contribution < -0.4 is 19.5 Å². The first kappa shape index (κ1) is 19.1. The number of nitriles is 1. The van der Waals surface area contributed by atoms with Crippen LogP contribution in [-0.2, 0) is 6.54 Å². The van der Waals surface area contributed by atoms with Gasteiger partial charge >= 0.3 is 0 Å². The second kappa shape index (κ2) is 8.36. The summed E-state index contributed by atoms with van der Waals surface area (Å²) in [5, 5.41) is 13.1. The van der Waals surface area contributed by atoms with Gasteiger partial charge in [-0.15, -0.1) is 0 Å². The van der Waals surface area contributed by atoms with E-state index in [1.807, 2.05) is 12.1 Å². The standard InChI is InChI=1S/C21H27N3O3/c1-5-10-23-12-16-19(18(13-6-7-13)15(11-22)24-16)14-8-9-17(25-2)21(27-4)20(14)26-3/h8-9,13,23-24H,5-7,10,12H2,1-4H3. The molecule has 2 N–H and O–H groups in total. The molecule has 0 spiro atoms. The molecular formula is C21H27N3O3. The lowest BCUT2D eigenvalue weighted by atomic mass is 9.95. The molecule has 0 amide bonds. The van der Waals surface area contributed by atoms with E-state index in [0.29, 0.717) is 35.4 Å². The maximum atomic E-state index is 9.68. The smallest absolute Gasteiger partial charge is 0.203 e. The molecule has 1 fully saturated rings. The lowest BCUT2D eigenvalue weighted by Gasteiger charge is -2.17. The van der Waals surface area contributed by atoms with E-state index in [0.717, 1.165) is 48.2 Å². The van der Waals surface area contributed by atoms with Gasteiger partial charge < -0.3 is 24.5 Å². The van der Waals surface area contributed by atoms with E-state index in [1.54, 1.807) is 21.3 Å². The highest BCUT2D eigenvalue weighted by molar-refractivity contribution is 5.82. The van der Waals surface area contributed by atoms with Gasteiger partial charge in [0.15, 0.2) is 11.5 Å². The van der Waals surface area contributed by atoms with Crippen molar-refractivity contribution in [2.45, 2.75) is 38.6 Å². The second-order valence-electron chi connectivity index (χ2n) is 6.71. The summed E-state index contributed by atoms with van der Waals surface area (Å²) in [6.45, 7) is 3.72. The zero-order valence-electron chi connectivity index (χ0n) is 16.4. The van der Waals surface area contributed by atoms with E-state index in [9.17, 15) is 5.26 Å². The van der Waals surface area contributed by atoms with Crippen molar-refractivity contribution in [3.05, 3.63) is 29.1 Å². The van der Waals surface area contributed by atoms with Crippen LogP contribution in [0.1, 0.15) is 49.1 Å². The van der Waals surface area contributed by atoms with Gasteiger partial charge in [-0.3, -0.25) is 0 Å². The Balaban J connectivity index is 2.20. The van der Waals surface area contributed by atoms with Gasteiger partial charge in [-0.1, -0.05) is 6.92 Å². The number of nitrogens with zero attached hydrogens (tertiary/aromatic N) is 1. The minimum atomic E-state index is 0.420. The molecule has 0 bridgehead atoms. The monoisotopic (exact) mass is 369 g/mol. The molecule has 1 aromatic heterocycles. The van der Waals surface area contributed by atoms with Crippen LogP contribution >= 0.6 is 0 Å². The molecule has 144 valence electrons. The summed E-state index contributed by atoms with van der Waals surface area (Å²) >= 11 is 0. The topological polar surface area (TPSA) is 79.3 Å². The van der Waals surface area contributed by atoms with Crippen molar-refractivity contribution < 1.29 is 14.2 Å². The van der Waals surface area contributed by atoms with Gasteiger partial charge in [-0.2, -0.15) is 5.26 Å². The fraction of sp³-hybridized carbons (Fsp3) is 0.476. The van der Waals surface area contributed by atoms with E-state index in [1.165, 1.54) is 0 Å². The van der Waals surface area contributed by atoms with Crippen LogP contribution in [-0.4, -0.2) is 32.9 Å². The van der Waals surface area contributed by atoms with E-state index < -0.39 is 0 Å². The summed E-state index contributed by atoms with van der Waals surface area (Å²) in [6, 6.07) is 6.22. The molecule has 6 heteroatoms. The largest absolute Gasteiger partial charge is 0.493 e. The molecule has 0 atom stereocenters. The summed E-state index contributed by atoms with van der Waals surface area (Å²) in [5.41, 5.74) is 4.72. The van der Waals surface area contributed by atoms with E-state index in [2.05, 4.69) is 23.3 Å². The lowest BCUT2D eigenvalue weighted by molar-refractivity contribution is 0.325. The molecule has 0 saturated heterocycles. The second-order valence-corrected chi connectivity index (χ2v) is 6.71. The van der Waals surface area contributed by atoms with Gasteiger partial charge in [0.2, 0.25) is 5.75 Å². The molecule has 1 aliphatic carbocycles. The first-order chi connectivity index (χ1) is 13.2.